The second-order valence-corrected chi connectivity index (χ2v) is 4.92. The number of amides is 1. The number of hydrogen-bond acceptors (Lipinski definition) is 5. The third-order valence-corrected chi connectivity index (χ3v) is 3.03. The van der Waals surface area contributed by atoms with Crippen molar-refractivity contribution in [3.63, 3.8) is 0 Å². The predicted molar refractivity (Wildman–Crippen MR) is 86.6 cm³/mol. The van der Waals surface area contributed by atoms with Gasteiger partial charge in [-0.2, -0.15) is 0 Å². The minimum absolute atomic E-state index is 0.274. The van der Waals surface area contributed by atoms with Crippen LogP contribution in [0.2, 0.25) is 0 Å². The standard InChI is InChI=1S/C17H18N2O4/c1-11(18)16(20)19-13-4-3-5-15(10-13)23-14-8-6-12(7-9-14)17(21)22-2/h3-11H,18H2,1-2H3,(H,19,20). The van der Waals surface area contributed by atoms with Gasteiger partial charge in [0.05, 0.1) is 18.7 Å². The van der Waals surface area contributed by atoms with Gasteiger partial charge in [-0.15, -0.1) is 0 Å². The molecule has 2 rings (SSSR count). The van der Waals surface area contributed by atoms with E-state index in [4.69, 9.17) is 10.5 Å². The molecule has 120 valence electrons. The molecule has 0 heterocycles. The molecule has 1 unspecified atom stereocenters. The number of anilines is 1. The molecule has 3 N–H and O–H groups in total. The van der Waals surface area contributed by atoms with E-state index in [1.54, 1.807) is 55.5 Å². The number of esters is 1. The molecule has 0 fully saturated rings. The number of hydrogen-bond donors (Lipinski definition) is 2. The van der Waals surface area contributed by atoms with E-state index >= 15 is 0 Å². The zero-order valence-electron chi connectivity index (χ0n) is 12.9. The fraction of sp³-hybridized carbons (Fsp3) is 0.176. The monoisotopic (exact) mass is 314 g/mol. The first-order chi connectivity index (χ1) is 11.0. The largest absolute Gasteiger partial charge is 0.465 e. The topological polar surface area (TPSA) is 90.6 Å². The molecule has 0 aliphatic carbocycles. The summed E-state index contributed by atoms with van der Waals surface area (Å²) in [6.45, 7) is 1.61. The molecule has 0 aromatic heterocycles. The maximum atomic E-state index is 11.6. The number of rotatable bonds is 5. The number of ether oxygens (including phenoxy) is 2. The molecule has 0 radical (unpaired) electrons. The van der Waals surface area contributed by atoms with E-state index in [9.17, 15) is 9.59 Å². The van der Waals surface area contributed by atoms with Gasteiger partial charge in [-0.1, -0.05) is 6.07 Å². The van der Waals surface area contributed by atoms with Gasteiger partial charge in [-0.3, -0.25) is 4.79 Å². The highest BCUT2D eigenvalue weighted by atomic mass is 16.5. The van der Waals surface area contributed by atoms with E-state index in [1.165, 1.54) is 7.11 Å². The van der Waals surface area contributed by atoms with Crippen LogP contribution in [0.25, 0.3) is 0 Å². The van der Waals surface area contributed by atoms with E-state index in [0.717, 1.165) is 0 Å². The molecule has 0 saturated carbocycles. The van der Waals surface area contributed by atoms with Gasteiger partial charge in [0.25, 0.3) is 0 Å². The van der Waals surface area contributed by atoms with Gasteiger partial charge in [0, 0.05) is 11.8 Å². The van der Waals surface area contributed by atoms with Crippen LogP contribution < -0.4 is 15.8 Å². The number of benzene rings is 2. The molecule has 0 saturated heterocycles. The fourth-order valence-electron chi connectivity index (χ4n) is 1.81. The van der Waals surface area contributed by atoms with Crippen LogP contribution in [-0.2, 0) is 9.53 Å². The molecule has 2 aromatic carbocycles. The quantitative estimate of drug-likeness (QED) is 0.828. The van der Waals surface area contributed by atoms with Gasteiger partial charge in [0.1, 0.15) is 11.5 Å². The van der Waals surface area contributed by atoms with Crippen molar-refractivity contribution in [3.05, 3.63) is 54.1 Å². The van der Waals surface area contributed by atoms with Crippen LogP contribution in [0.4, 0.5) is 5.69 Å². The summed E-state index contributed by atoms with van der Waals surface area (Å²) < 4.78 is 10.3. The van der Waals surface area contributed by atoms with Crippen LogP contribution in [0.15, 0.2) is 48.5 Å². The number of methoxy groups -OCH3 is 1. The number of nitrogens with one attached hydrogen (secondary N) is 1. The lowest BCUT2D eigenvalue weighted by molar-refractivity contribution is -0.117. The van der Waals surface area contributed by atoms with Gasteiger partial charge in [0.2, 0.25) is 5.91 Å². The van der Waals surface area contributed by atoms with Crippen molar-refractivity contribution >= 4 is 17.6 Å². The van der Waals surface area contributed by atoms with Crippen LogP contribution in [-0.4, -0.2) is 25.0 Å². The lowest BCUT2D eigenvalue weighted by Crippen LogP contribution is -2.32. The second kappa shape index (κ2) is 7.42. The Labute approximate surface area is 134 Å². The second-order valence-electron chi connectivity index (χ2n) is 4.92. The maximum Gasteiger partial charge on any atom is 0.337 e. The summed E-state index contributed by atoms with van der Waals surface area (Å²) >= 11 is 0. The summed E-state index contributed by atoms with van der Waals surface area (Å²) in [4.78, 5) is 23.0. The van der Waals surface area contributed by atoms with Crippen LogP contribution >= 0.6 is 0 Å². The number of carbonyl (C=O) groups excluding carboxylic acids is 2. The first kappa shape index (κ1) is 16.5. The highest BCUT2D eigenvalue weighted by Crippen LogP contribution is 2.24. The third kappa shape index (κ3) is 4.55. The lowest BCUT2D eigenvalue weighted by atomic mass is 10.2. The molecule has 1 amide bonds. The minimum atomic E-state index is -0.592. The Hall–Kier alpha value is -2.86. The normalized spacial score (nSPS) is 11.4. The van der Waals surface area contributed by atoms with Crippen LogP contribution in [0.3, 0.4) is 0 Å². The Morgan fingerprint density at radius 1 is 1.09 bits per heavy atom. The first-order valence-corrected chi connectivity index (χ1v) is 7.02. The van der Waals surface area contributed by atoms with Crippen molar-refractivity contribution in [2.24, 2.45) is 5.73 Å². The zero-order valence-corrected chi connectivity index (χ0v) is 12.9. The Bertz CT molecular complexity index is 696. The lowest BCUT2D eigenvalue weighted by Gasteiger charge is -2.10. The molecule has 0 aliphatic heterocycles. The molecule has 0 bridgehead atoms. The molecule has 6 heteroatoms. The Kier molecular flexibility index (Phi) is 5.32. The third-order valence-electron chi connectivity index (χ3n) is 3.03. The Morgan fingerprint density at radius 2 is 1.78 bits per heavy atom. The summed E-state index contributed by atoms with van der Waals surface area (Å²) in [5.74, 6) is 0.438. The molecule has 6 nitrogen and oxygen atoms in total. The average molecular weight is 314 g/mol. The summed E-state index contributed by atoms with van der Waals surface area (Å²) in [6.07, 6.45) is 0. The van der Waals surface area contributed by atoms with Crippen LogP contribution in [0, 0.1) is 0 Å². The van der Waals surface area contributed by atoms with Crippen molar-refractivity contribution in [2.75, 3.05) is 12.4 Å². The first-order valence-electron chi connectivity index (χ1n) is 7.02. The summed E-state index contributed by atoms with van der Waals surface area (Å²) in [5, 5.41) is 2.69. The fourth-order valence-corrected chi connectivity index (χ4v) is 1.81. The summed E-state index contributed by atoms with van der Waals surface area (Å²) in [6, 6.07) is 12.9. The average Bonchev–Trinajstić information content (AvgIpc) is 2.55. The molecule has 0 spiro atoms. The van der Waals surface area contributed by atoms with Gasteiger partial charge in [-0.25, -0.2) is 4.79 Å². The molecule has 23 heavy (non-hydrogen) atoms. The maximum absolute atomic E-state index is 11.6. The van der Waals surface area contributed by atoms with Crippen molar-refractivity contribution < 1.29 is 19.1 Å². The molecular weight excluding hydrogens is 296 g/mol. The van der Waals surface area contributed by atoms with Crippen LogP contribution in [0.5, 0.6) is 11.5 Å². The van der Waals surface area contributed by atoms with Crippen LogP contribution in [0.1, 0.15) is 17.3 Å². The smallest absolute Gasteiger partial charge is 0.337 e. The van der Waals surface area contributed by atoms with E-state index in [1.807, 2.05) is 0 Å². The predicted octanol–water partition coefficient (Wildman–Crippen LogP) is 2.55. The van der Waals surface area contributed by atoms with Gasteiger partial charge >= 0.3 is 5.97 Å². The van der Waals surface area contributed by atoms with Gasteiger partial charge < -0.3 is 20.5 Å². The molecule has 2 aromatic rings. The Balaban J connectivity index is 2.08. The minimum Gasteiger partial charge on any atom is -0.465 e. The molecule has 0 aliphatic rings. The SMILES string of the molecule is COC(=O)c1ccc(Oc2cccc(NC(=O)C(C)N)c2)cc1. The van der Waals surface area contributed by atoms with Crippen molar-refractivity contribution in [1.82, 2.24) is 0 Å². The van der Waals surface area contributed by atoms with Crippen molar-refractivity contribution in [1.29, 1.82) is 0 Å². The van der Waals surface area contributed by atoms with Crippen molar-refractivity contribution in [2.45, 2.75) is 13.0 Å². The Morgan fingerprint density at radius 3 is 2.39 bits per heavy atom. The van der Waals surface area contributed by atoms with Gasteiger partial charge in [-0.05, 0) is 43.3 Å². The zero-order chi connectivity index (χ0) is 16.8. The number of nitrogens with two attached hydrogens (primary N) is 1. The van der Waals surface area contributed by atoms with E-state index in [-0.39, 0.29) is 5.91 Å². The van der Waals surface area contributed by atoms with Gasteiger partial charge in [0.15, 0.2) is 0 Å². The van der Waals surface area contributed by atoms with E-state index in [2.05, 4.69) is 10.1 Å². The highest BCUT2D eigenvalue weighted by Gasteiger charge is 2.08. The molecular formula is C17H18N2O4. The highest BCUT2D eigenvalue weighted by molar-refractivity contribution is 5.94. The van der Waals surface area contributed by atoms with E-state index in [0.29, 0.717) is 22.7 Å². The van der Waals surface area contributed by atoms with E-state index < -0.39 is 12.0 Å². The number of carbonyl (C=O) groups is 2. The summed E-state index contributed by atoms with van der Waals surface area (Å²) in [5.41, 5.74) is 6.55. The van der Waals surface area contributed by atoms with Crippen molar-refractivity contribution in [3.8, 4) is 11.5 Å². The molecule has 1 atom stereocenters. The summed E-state index contributed by atoms with van der Waals surface area (Å²) in [7, 11) is 1.33.